The lowest BCUT2D eigenvalue weighted by Crippen LogP contribution is -2.15. The molecule has 0 saturated carbocycles. The van der Waals surface area contributed by atoms with Gasteiger partial charge in [0.15, 0.2) is 0 Å². The second kappa shape index (κ2) is 9.73. The van der Waals surface area contributed by atoms with Gasteiger partial charge in [0, 0.05) is 18.2 Å². The Balaban J connectivity index is 2.33. The zero-order valence-corrected chi connectivity index (χ0v) is 15.1. The molecule has 0 fully saturated rings. The van der Waals surface area contributed by atoms with Crippen LogP contribution in [0.5, 0.6) is 5.75 Å². The fraction of sp³-hybridized carbons (Fsp3) is 0.333. The van der Waals surface area contributed by atoms with Crippen molar-refractivity contribution in [2.24, 2.45) is 5.92 Å². The number of hydrogen-bond acceptors (Lipinski definition) is 4. The summed E-state index contributed by atoms with van der Waals surface area (Å²) in [4.78, 5) is 22.1. The number of carbonyl (C=O) groups excluding carboxylic acids is 1. The molecule has 1 unspecified atom stereocenters. The van der Waals surface area contributed by atoms with Crippen molar-refractivity contribution >= 4 is 12.3 Å². The second-order valence-corrected chi connectivity index (χ2v) is 6.06. The van der Waals surface area contributed by atoms with Crippen LogP contribution in [0.15, 0.2) is 42.5 Å². The molecule has 0 aliphatic rings. The molecule has 0 amide bonds. The lowest BCUT2D eigenvalue weighted by molar-refractivity contribution is -0.141. The van der Waals surface area contributed by atoms with Crippen LogP contribution in [0.3, 0.4) is 0 Å². The first-order valence-corrected chi connectivity index (χ1v) is 8.62. The Labute approximate surface area is 153 Å². The molecule has 0 aromatic heterocycles. The first-order valence-electron chi connectivity index (χ1n) is 8.62. The van der Waals surface area contributed by atoms with Crippen molar-refractivity contribution in [3.05, 3.63) is 53.6 Å². The van der Waals surface area contributed by atoms with E-state index in [-0.39, 0.29) is 0 Å². The summed E-state index contributed by atoms with van der Waals surface area (Å²) in [5.74, 6) is -0.527. The van der Waals surface area contributed by atoms with Crippen LogP contribution in [0.25, 0.3) is 11.1 Å². The monoisotopic (exact) mass is 356 g/mol. The number of carbonyl (C=O) groups is 2. The van der Waals surface area contributed by atoms with Gasteiger partial charge in [0.05, 0.1) is 12.5 Å². The summed E-state index contributed by atoms with van der Waals surface area (Å²) in [6, 6.07) is 13.0. The molecule has 2 rings (SSSR count). The molecule has 138 valence electrons. The summed E-state index contributed by atoms with van der Waals surface area (Å²) in [5.41, 5.74) is 3.35. The van der Waals surface area contributed by atoms with Crippen LogP contribution in [0.1, 0.15) is 29.3 Å². The first-order chi connectivity index (χ1) is 12.6. The van der Waals surface area contributed by atoms with Crippen molar-refractivity contribution in [2.45, 2.75) is 19.8 Å². The Kier molecular flexibility index (Phi) is 7.36. The highest BCUT2D eigenvalue weighted by molar-refractivity contribution is 5.78. The van der Waals surface area contributed by atoms with E-state index in [2.05, 4.69) is 0 Å². The van der Waals surface area contributed by atoms with Crippen molar-refractivity contribution in [1.82, 2.24) is 0 Å². The number of ether oxygens (including phenoxy) is 2. The topological polar surface area (TPSA) is 72.8 Å². The van der Waals surface area contributed by atoms with E-state index in [4.69, 9.17) is 9.47 Å². The van der Waals surface area contributed by atoms with E-state index in [1.165, 1.54) is 0 Å². The number of aliphatic carboxylic acids is 1. The van der Waals surface area contributed by atoms with Crippen molar-refractivity contribution in [3.8, 4) is 16.9 Å². The number of carboxylic acid groups (broad SMARTS) is 1. The number of carboxylic acids is 1. The van der Waals surface area contributed by atoms with Gasteiger partial charge >= 0.3 is 5.97 Å². The van der Waals surface area contributed by atoms with Gasteiger partial charge in [-0.25, -0.2) is 0 Å². The van der Waals surface area contributed by atoms with Crippen LogP contribution >= 0.6 is 0 Å². The summed E-state index contributed by atoms with van der Waals surface area (Å²) < 4.78 is 10.9. The molecule has 2 aromatic rings. The zero-order chi connectivity index (χ0) is 18.9. The predicted molar refractivity (Wildman–Crippen MR) is 99.8 cm³/mol. The Morgan fingerprint density at radius 1 is 1.15 bits per heavy atom. The second-order valence-electron chi connectivity index (χ2n) is 6.06. The molecular formula is C21H24O5. The maximum absolute atomic E-state index is 11.3. The van der Waals surface area contributed by atoms with Gasteiger partial charge < -0.3 is 14.6 Å². The summed E-state index contributed by atoms with van der Waals surface area (Å²) in [5, 5.41) is 9.28. The average Bonchev–Trinajstić information content (AvgIpc) is 2.66. The highest BCUT2D eigenvalue weighted by Gasteiger charge is 2.17. The van der Waals surface area contributed by atoms with Crippen LogP contribution in [-0.4, -0.2) is 37.7 Å². The molecular weight excluding hydrogens is 332 g/mol. The SMILES string of the molecule is CCC(Cc1ccc(-c2ccc(C=O)cc2)c(OCCOC)c1)C(=O)O. The summed E-state index contributed by atoms with van der Waals surface area (Å²) in [6.45, 7) is 2.73. The van der Waals surface area contributed by atoms with Gasteiger partial charge in [-0.05, 0) is 30.0 Å². The van der Waals surface area contributed by atoms with Gasteiger partial charge in [0.2, 0.25) is 0 Å². The van der Waals surface area contributed by atoms with E-state index >= 15 is 0 Å². The Bertz CT molecular complexity index is 737. The molecule has 5 nitrogen and oxygen atoms in total. The van der Waals surface area contributed by atoms with Crippen LogP contribution in [-0.2, 0) is 16.0 Å². The van der Waals surface area contributed by atoms with Crippen LogP contribution < -0.4 is 4.74 Å². The Hall–Kier alpha value is -2.66. The third-order valence-corrected chi connectivity index (χ3v) is 4.27. The van der Waals surface area contributed by atoms with Crippen LogP contribution in [0.4, 0.5) is 0 Å². The number of aldehydes is 1. The summed E-state index contributed by atoms with van der Waals surface area (Å²) in [6.07, 6.45) is 1.83. The maximum Gasteiger partial charge on any atom is 0.306 e. The number of methoxy groups -OCH3 is 1. The van der Waals surface area contributed by atoms with E-state index in [1.54, 1.807) is 19.2 Å². The molecule has 0 aliphatic carbocycles. The largest absolute Gasteiger partial charge is 0.491 e. The Morgan fingerprint density at radius 2 is 1.88 bits per heavy atom. The molecule has 0 aliphatic heterocycles. The van der Waals surface area contributed by atoms with Gasteiger partial charge in [0.1, 0.15) is 18.6 Å². The van der Waals surface area contributed by atoms with Gasteiger partial charge in [-0.2, -0.15) is 0 Å². The fourth-order valence-electron chi connectivity index (χ4n) is 2.72. The molecule has 0 radical (unpaired) electrons. The minimum Gasteiger partial charge on any atom is -0.491 e. The van der Waals surface area contributed by atoms with Crippen molar-refractivity contribution in [2.75, 3.05) is 20.3 Å². The van der Waals surface area contributed by atoms with Gasteiger partial charge in [-0.3, -0.25) is 9.59 Å². The average molecular weight is 356 g/mol. The Morgan fingerprint density at radius 3 is 2.46 bits per heavy atom. The lowest BCUT2D eigenvalue weighted by atomic mass is 9.94. The zero-order valence-electron chi connectivity index (χ0n) is 15.1. The predicted octanol–water partition coefficient (Wildman–Crippen LogP) is 3.84. The van der Waals surface area contributed by atoms with Crippen molar-refractivity contribution in [1.29, 1.82) is 0 Å². The van der Waals surface area contributed by atoms with E-state index in [0.29, 0.717) is 37.4 Å². The van der Waals surface area contributed by atoms with Crippen molar-refractivity contribution < 1.29 is 24.2 Å². The third kappa shape index (κ3) is 5.17. The molecule has 0 heterocycles. The molecule has 2 aromatic carbocycles. The third-order valence-electron chi connectivity index (χ3n) is 4.27. The summed E-state index contributed by atoms with van der Waals surface area (Å²) >= 11 is 0. The standard InChI is InChI=1S/C21H24O5/c1-3-17(21(23)24)12-16-6-9-19(20(13-16)26-11-10-25-2)18-7-4-15(14-22)5-8-18/h4-9,13-14,17H,3,10-12H2,1-2H3,(H,23,24). The lowest BCUT2D eigenvalue weighted by Gasteiger charge is -2.15. The van der Waals surface area contributed by atoms with Crippen LogP contribution in [0, 0.1) is 5.92 Å². The minimum atomic E-state index is -0.789. The van der Waals surface area contributed by atoms with Gasteiger partial charge in [0.25, 0.3) is 0 Å². The van der Waals surface area contributed by atoms with Crippen molar-refractivity contribution in [3.63, 3.8) is 0 Å². The number of rotatable bonds is 10. The highest BCUT2D eigenvalue weighted by Crippen LogP contribution is 2.32. The maximum atomic E-state index is 11.3. The highest BCUT2D eigenvalue weighted by atomic mass is 16.5. The van der Waals surface area contributed by atoms with E-state index in [9.17, 15) is 14.7 Å². The van der Waals surface area contributed by atoms with Gasteiger partial charge in [-0.15, -0.1) is 0 Å². The van der Waals surface area contributed by atoms with Crippen LogP contribution in [0.2, 0.25) is 0 Å². The number of benzene rings is 2. The molecule has 0 spiro atoms. The van der Waals surface area contributed by atoms with E-state index < -0.39 is 11.9 Å². The minimum absolute atomic E-state index is 0.398. The normalized spacial score (nSPS) is 11.8. The summed E-state index contributed by atoms with van der Waals surface area (Å²) in [7, 11) is 1.61. The first kappa shape index (κ1) is 19.7. The quantitative estimate of drug-likeness (QED) is 0.517. The van der Waals surface area contributed by atoms with E-state index in [0.717, 1.165) is 23.0 Å². The smallest absolute Gasteiger partial charge is 0.306 e. The van der Waals surface area contributed by atoms with Gasteiger partial charge in [-0.1, -0.05) is 43.3 Å². The van der Waals surface area contributed by atoms with E-state index in [1.807, 2.05) is 37.3 Å². The molecule has 26 heavy (non-hydrogen) atoms. The molecule has 1 N–H and O–H groups in total. The molecule has 0 bridgehead atoms. The molecule has 5 heteroatoms. The fourth-order valence-corrected chi connectivity index (χ4v) is 2.72. The number of hydrogen-bond donors (Lipinski definition) is 1. The molecule has 0 saturated heterocycles. The molecule has 1 atom stereocenters.